The number of hydrogen-bond donors (Lipinski definition) is 1. The fraction of sp³-hybridized carbons (Fsp3) is 0.222. The van der Waals surface area contributed by atoms with Crippen LogP contribution >= 0.6 is 0 Å². The first kappa shape index (κ1) is 18.9. The molecule has 142 valence electrons. The van der Waals surface area contributed by atoms with Crippen LogP contribution in [-0.4, -0.2) is 39.3 Å². The van der Waals surface area contributed by atoms with Crippen LogP contribution in [0, 0.1) is 0 Å². The number of ether oxygens (including phenoxy) is 2. The number of nitrogens with one attached hydrogen (secondary N) is 1. The highest BCUT2D eigenvalue weighted by Crippen LogP contribution is 2.28. The predicted octanol–water partition coefficient (Wildman–Crippen LogP) is 2.27. The Morgan fingerprint density at radius 3 is 2.56 bits per heavy atom. The van der Waals surface area contributed by atoms with Crippen LogP contribution in [0.25, 0.3) is 11.4 Å². The van der Waals surface area contributed by atoms with Crippen LogP contribution in [0.15, 0.2) is 57.9 Å². The number of nitrogens with zero attached hydrogens (tertiary/aromatic N) is 2. The quantitative estimate of drug-likeness (QED) is 0.630. The molecule has 0 atom stereocenters. The van der Waals surface area contributed by atoms with Gasteiger partial charge < -0.3 is 14.0 Å². The SMILES string of the molecule is COc1ccc(OC)c(S(=O)(=O)NCCc2nc(-c3ccccc3)no2)c1. The van der Waals surface area contributed by atoms with E-state index in [4.69, 9.17) is 14.0 Å². The zero-order valence-electron chi connectivity index (χ0n) is 14.9. The third-order valence-corrected chi connectivity index (χ3v) is 5.27. The van der Waals surface area contributed by atoms with Crippen LogP contribution in [0.5, 0.6) is 11.5 Å². The van der Waals surface area contributed by atoms with E-state index in [1.165, 1.54) is 26.4 Å². The number of hydrogen-bond acceptors (Lipinski definition) is 7. The summed E-state index contributed by atoms with van der Waals surface area (Å²) in [6, 6.07) is 14.0. The summed E-state index contributed by atoms with van der Waals surface area (Å²) in [5.74, 6) is 1.45. The Kier molecular flexibility index (Phi) is 5.72. The lowest BCUT2D eigenvalue weighted by molar-refractivity contribution is 0.378. The predicted molar refractivity (Wildman–Crippen MR) is 98.2 cm³/mol. The Bertz CT molecular complexity index is 1000. The average molecular weight is 389 g/mol. The molecule has 0 spiro atoms. The highest BCUT2D eigenvalue weighted by molar-refractivity contribution is 7.89. The van der Waals surface area contributed by atoms with E-state index in [0.717, 1.165) is 5.56 Å². The van der Waals surface area contributed by atoms with Crippen LogP contribution in [0.3, 0.4) is 0 Å². The summed E-state index contributed by atoms with van der Waals surface area (Å²) in [5, 5.41) is 3.91. The molecule has 1 N–H and O–H groups in total. The van der Waals surface area contributed by atoms with Crippen molar-refractivity contribution in [1.82, 2.24) is 14.9 Å². The minimum atomic E-state index is -3.80. The molecule has 0 saturated heterocycles. The lowest BCUT2D eigenvalue weighted by Crippen LogP contribution is -2.26. The van der Waals surface area contributed by atoms with Gasteiger partial charge in [-0.15, -0.1) is 0 Å². The maximum Gasteiger partial charge on any atom is 0.244 e. The molecule has 9 heteroatoms. The summed E-state index contributed by atoms with van der Waals surface area (Å²) in [7, 11) is -0.925. The largest absolute Gasteiger partial charge is 0.497 e. The summed E-state index contributed by atoms with van der Waals surface area (Å²) >= 11 is 0. The van der Waals surface area contributed by atoms with Gasteiger partial charge in [-0.25, -0.2) is 13.1 Å². The van der Waals surface area contributed by atoms with Gasteiger partial charge in [0.25, 0.3) is 0 Å². The van der Waals surface area contributed by atoms with E-state index in [0.29, 0.717) is 17.5 Å². The Balaban J connectivity index is 1.67. The van der Waals surface area contributed by atoms with Gasteiger partial charge in [0.1, 0.15) is 16.4 Å². The zero-order valence-corrected chi connectivity index (χ0v) is 15.7. The van der Waals surface area contributed by atoms with Crippen molar-refractivity contribution in [1.29, 1.82) is 0 Å². The first-order valence-electron chi connectivity index (χ1n) is 8.13. The van der Waals surface area contributed by atoms with E-state index in [1.807, 2.05) is 30.3 Å². The molecule has 1 heterocycles. The van der Waals surface area contributed by atoms with E-state index in [-0.39, 0.29) is 23.6 Å². The molecule has 0 fully saturated rings. The second-order valence-corrected chi connectivity index (χ2v) is 7.28. The summed E-state index contributed by atoms with van der Waals surface area (Å²) in [5.41, 5.74) is 0.828. The van der Waals surface area contributed by atoms with Crippen LogP contribution < -0.4 is 14.2 Å². The lowest BCUT2D eigenvalue weighted by Gasteiger charge is -2.11. The normalized spacial score (nSPS) is 11.3. The van der Waals surface area contributed by atoms with Gasteiger partial charge in [-0.3, -0.25) is 0 Å². The first-order chi connectivity index (χ1) is 13.0. The van der Waals surface area contributed by atoms with Crippen molar-refractivity contribution >= 4 is 10.0 Å². The molecule has 0 aliphatic heterocycles. The molecule has 0 saturated carbocycles. The first-order valence-corrected chi connectivity index (χ1v) is 9.61. The molecule has 3 aromatic rings. The summed E-state index contributed by atoms with van der Waals surface area (Å²) < 4.78 is 43.1. The fourth-order valence-electron chi connectivity index (χ4n) is 2.42. The van der Waals surface area contributed by atoms with E-state index in [9.17, 15) is 8.42 Å². The monoisotopic (exact) mass is 389 g/mol. The van der Waals surface area contributed by atoms with Gasteiger partial charge in [0.15, 0.2) is 0 Å². The smallest absolute Gasteiger partial charge is 0.244 e. The Hall–Kier alpha value is -2.91. The van der Waals surface area contributed by atoms with Crippen LogP contribution in [0.2, 0.25) is 0 Å². The molecule has 1 aromatic heterocycles. The van der Waals surface area contributed by atoms with Crippen molar-refractivity contribution in [2.75, 3.05) is 20.8 Å². The van der Waals surface area contributed by atoms with Crippen molar-refractivity contribution < 1.29 is 22.4 Å². The van der Waals surface area contributed by atoms with Gasteiger partial charge in [-0.05, 0) is 12.1 Å². The third kappa shape index (κ3) is 4.44. The standard InChI is InChI=1S/C18H19N3O5S/c1-24-14-8-9-15(25-2)16(12-14)27(22,23)19-11-10-17-20-18(21-26-17)13-6-4-3-5-7-13/h3-9,12,19H,10-11H2,1-2H3. The van der Waals surface area contributed by atoms with Crippen molar-refractivity contribution in [2.45, 2.75) is 11.3 Å². The maximum absolute atomic E-state index is 12.6. The fourth-order valence-corrected chi connectivity index (χ4v) is 3.64. The minimum Gasteiger partial charge on any atom is -0.497 e. The van der Waals surface area contributed by atoms with Crippen molar-refractivity contribution in [3.63, 3.8) is 0 Å². The average Bonchev–Trinajstić information content (AvgIpc) is 3.17. The van der Waals surface area contributed by atoms with Crippen molar-refractivity contribution in [3.05, 3.63) is 54.4 Å². The van der Waals surface area contributed by atoms with Gasteiger partial charge in [0.05, 0.1) is 14.2 Å². The Morgan fingerprint density at radius 1 is 1.07 bits per heavy atom. The van der Waals surface area contributed by atoms with Gasteiger partial charge in [-0.2, -0.15) is 4.98 Å². The molecule has 0 amide bonds. The van der Waals surface area contributed by atoms with Gasteiger partial charge in [-0.1, -0.05) is 35.5 Å². The molecule has 0 aliphatic carbocycles. The maximum atomic E-state index is 12.6. The summed E-state index contributed by atoms with van der Waals surface area (Å²) in [4.78, 5) is 4.28. The van der Waals surface area contributed by atoms with Crippen molar-refractivity contribution in [2.24, 2.45) is 0 Å². The topological polar surface area (TPSA) is 104 Å². The van der Waals surface area contributed by atoms with Crippen LogP contribution in [0.4, 0.5) is 0 Å². The molecule has 0 aliphatic rings. The summed E-state index contributed by atoms with van der Waals surface area (Å²) in [6.45, 7) is 0.0963. The molecule has 0 radical (unpaired) electrons. The van der Waals surface area contributed by atoms with Crippen LogP contribution in [-0.2, 0) is 16.4 Å². The molecule has 8 nitrogen and oxygen atoms in total. The highest BCUT2D eigenvalue weighted by Gasteiger charge is 2.20. The van der Waals surface area contributed by atoms with Gasteiger partial charge in [0, 0.05) is 24.6 Å². The number of sulfonamides is 1. The van der Waals surface area contributed by atoms with E-state index < -0.39 is 10.0 Å². The molecular formula is C18H19N3O5S. The molecular weight excluding hydrogens is 370 g/mol. The Morgan fingerprint density at radius 2 is 1.85 bits per heavy atom. The number of benzene rings is 2. The van der Waals surface area contributed by atoms with Crippen molar-refractivity contribution in [3.8, 4) is 22.9 Å². The molecule has 3 rings (SSSR count). The summed E-state index contributed by atoms with van der Waals surface area (Å²) in [6.07, 6.45) is 0.255. The Labute approximate surface area is 157 Å². The second-order valence-electron chi connectivity index (χ2n) is 5.54. The zero-order chi connectivity index (χ0) is 19.3. The number of aromatic nitrogens is 2. The molecule has 0 bridgehead atoms. The van der Waals surface area contributed by atoms with Crippen LogP contribution in [0.1, 0.15) is 5.89 Å². The molecule has 0 unspecified atom stereocenters. The van der Waals surface area contributed by atoms with E-state index in [1.54, 1.807) is 6.07 Å². The lowest BCUT2D eigenvalue weighted by atomic mass is 10.2. The molecule has 27 heavy (non-hydrogen) atoms. The highest BCUT2D eigenvalue weighted by atomic mass is 32.2. The number of rotatable bonds is 8. The van der Waals surface area contributed by atoms with E-state index >= 15 is 0 Å². The second kappa shape index (κ2) is 8.19. The molecule has 2 aromatic carbocycles. The van der Waals surface area contributed by atoms with Gasteiger partial charge in [0.2, 0.25) is 21.7 Å². The minimum absolute atomic E-state index is 0.000135. The third-order valence-electron chi connectivity index (χ3n) is 3.79. The van der Waals surface area contributed by atoms with E-state index in [2.05, 4.69) is 14.9 Å². The van der Waals surface area contributed by atoms with Gasteiger partial charge >= 0.3 is 0 Å². The number of methoxy groups -OCH3 is 2.